The molecule has 0 saturated carbocycles. The molecule has 1 aliphatic rings. The number of nitrogens with zero attached hydrogens (tertiary/aromatic N) is 3. The predicted molar refractivity (Wildman–Crippen MR) is 96.2 cm³/mol. The first-order valence-corrected chi connectivity index (χ1v) is 8.72. The van der Waals surface area contributed by atoms with Crippen molar-refractivity contribution in [2.75, 3.05) is 0 Å². The average molecular weight is 334 g/mol. The minimum atomic E-state index is 0.433. The molecule has 2 aromatic carbocycles. The zero-order chi connectivity index (χ0) is 16.9. The second kappa shape index (κ2) is 7.49. The third kappa shape index (κ3) is 4.06. The van der Waals surface area contributed by atoms with Crippen molar-refractivity contribution in [2.45, 2.75) is 38.6 Å². The number of hydrogen-bond acceptors (Lipinski definition) is 4. The summed E-state index contributed by atoms with van der Waals surface area (Å²) in [7, 11) is 0. The summed E-state index contributed by atoms with van der Waals surface area (Å²) in [6.07, 6.45) is 3.73. The Balaban J connectivity index is 1.31. The number of rotatable bonds is 6. The standard InChI is InChI=1S/C20H22N4O/c1-2-5-16(6-3-1)14-25-19-8-4-7-17(11-19)12-21-18-9-10-20-22-15-23-24(20)13-18/h1-8,11,15,18,21H,9-10,12-14H2/t18-/m1/s1. The van der Waals surface area contributed by atoms with Crippen molar-refractivity contribution in [1.29, 1.82) is 0 Å². The third-order valence-electron chi connectivity index (χ3n) is 4.55. The molecule has 1 N–H and O–H groups in total. The lowest BCUT2D eigenvalue weighted by molar-refractivity contribution is 0.305. The summed E-state index contributed by atoms with van der Waals surface area (Å²) in [5.41, 5.74) is 2.41. The van der Waals surface area contributed by atoms with E-state index in [1.165, 1.54) is 11.1 Å². The molecule has 5 heteroatoms. The Morgan fingerprint density at radius 1 is 1.08 bits per heavy atom. The van der Waals surface area contributed by atoms with E-state index in [1.54, 1.807) is 6.33 Å². The molecular weight excluding hydrogens is 312 g/mol. The zero-order valence-electron chi connectivity index (χ0n) is 14.1. The minimum absolute atomic E-state index is 0.433. The topological polar surface area (TPSA) is 52.0 Å². The molecule has 2 heterocycles. The monoisotopic (exact) mass is 334 g/mol. The van der Waals surface area contributed by atoms with Crippen molar-refractivity contribution in [3.8, 4) is 5.75 Å². The fraction of sp³-hybridized carbons (Fsp3) is 0.300. The summed E-state index contributed by atoms with van der Waals surface area (Å²) in [4.78, 5) is 4.27. The van der Waals surface area contributed by atoms with Gasteiger partial charge in [0.05, 0.1) is 6.54 Å². The van der Waals surface area contributed by atoms with Gasteiger partial charge in [0.1, 0.15) is 24.5 Å². The molecule has 0 aliphatic carbocycles. The molecule has 5 nitrogen and oxygen atoms in total. The Labute approximate surface area is 147 Å². The lowest BCUT2D eigenvalue weighted by Gasteiger charge is -2.23. The molecular formula is C20H22N4O. The van der Waals surface area contributed by atoms with Crippen molar-refractivity contribution in [3.63, 3.8) is 0 Å². The van der Waals surface area contributed by atoms with Crippen molar-refractivity contribution >= 4 is 0 Å². The van der Waals surface area contributed by atoms with E-state index in [0.717, 1.165) is 37.5 Å². The van der Waals surface area contributed by atoms with Crippen LogP contribution in [0.15, 0.2) is 60.9 Å². The molecule has 0 saturated heterocycles. The van der Waals surface area contributed by atoms with Crippen LogP contribution < -0.4 is 10.1 Å². The number of aryl methyl sites for hydroxylation is 1. The van der Waals surface area contributed by atoms with Gasteiger partial charge in [-0.2, -0.15) is 5.10 Å². The van der Waals surface area contributed by atoms with Crippen molar-refractivity contribution in [1.82, 2.24) is 20.1 Å². The second-order valence-corrected chi connectivity index (χ2v) is 6.40. The third-order valence-corrected chi connectivity index (χ3v) is 4.55. The van der Waals surface area contributed by atoms with E-state index in [2.05, 4.69) is 39.7 Å². The second-order valence-electron chi connectivity index (χ2n) is 6.40. The Kier molecular flexibility index (Phi) is 4.74. The van der Waals surface area contributed by atoms with Gasteiger partial charge in [0, 0.05) is 19.0 Å². The van der Waals surface area contributed by atoms with Gasteiger partial charge in [0.2, 0.25) is 0 Å². The Morgan fingerprint density at radius 3 is 2.88 bits per heavy atom. The summed E-state index contributed by atoms with van der Waals surface area (Å²) in [5.74, 6) is 2.00. The maximum Gasteiger partial charge on any atom is 0.138 e. The summed E-state index contributed by atoms with van der Waals surface area (Å²) in [6, 6.07) is 19.0. The molecule has 4 rings (SSSR count). The smallest absolute Gasteiger partial charge is 0.138 e. The van der Waals surface area contributed by atoms with Crippen LogP contribution in [0.3, 0.4) is 0 Å². The Bertz CT molecular complexity index is 815. The van der Waals surface area contributed by atoms with Gasteiger partial charge < -0.3 is 10.1 Å². The molecule has 128 valence electrons. The van der Waals surface area contributed by atoms with Crippen LogP contribution in [0.25, 0.3) is 0 Å². The lowest BCUT2D eigenvalue weighted by atomic mass is 10.1. The number of nitrogens with one attached hydrogen (secondary N) is 1. The van der Waals surface area contributed by atoms with Gasteiger partial charge in [-0.05, 0) is 29.7 Å². The fourth-order valence-corrected chi connectivity index (χ4v) is 3.15. The van der Waals surface area contributed by atoms with Crippen molar-refractivity contribution in [3.05, 3.63) is 77.9 Å². The van der Waals surface area contributed by atoms with E-state index in [-0.39, 0.29) is 0 Å². The van der Waals surface area contributed by atoms with Crippen LogP contribution in [0, 0.1) is 0 Å². The molecule has 0 spiro atoms. The molecule has 3 aromatic rings. The first-order valence-electron chi connectivity index (χ1n) is 8.72. The maximum absolute atomic E-state index is 5.91. The van der Waals surface area contributed by atoms with Crippen LogP contribution in [0.1, 0.15) is 23.4 Å². The van der Waals surface area contributed by atoms with Gasteiger partial charge >= 0.3 is 0 Å². The average Bonchev–Trinajstić information content (AvgIpc) is 3.14. The molecule has 0 amide bonds. The number of aromatic nitrogens is 3. The van der Waals surface area contributed by atoms with Crippen LogP contribution in [0.4, 0.5) is 0 Å². The van der Waals surface area contributed by atoms with E-state index in [4.69, 9.17) is 4.74 Å². The maximum atomic E-state index is 5.91. The molecule has 25 heavy (non-hydrogen) atoms. The van der Waals surface area contributed by atoms with Gasteiger partial charge in [-0.1, -0.05) is 42.5 Å². The van der Waals surface area contributed by atoms with E-state index in [9.17, 15) is 0 Å². The van der Waals surface area contributed by atoms with Gasteiger partial charge in [0.25, 0.3) is 0 Å². The number of ether oxygens (including phenoxy) is 1. The first-order chi connectivity index (χ1) is 12.4. The summed E-state index contributed by atoms with van der Waals surface area (Å²) in [5, 5.41) is 7.90. The first kappa shape index (κ1) is 15.8. The molecule has 1 aliphatic heterocycles. The van der Waals surface area contributed by atoms with Crippen LogP contribution >= 0.6 is 0 Å². The zero-order valence-corrected chi connectivity index (χ0v) is 14.1. The Morgan fingerprint density at radius 2 is 1.96 bits per heavy atom. The van der Waals surface area contributed by atoms with Crippen LogP contribution in [-0.2, 0) is 26.1 Å². The summed E-state index contributed by atoms with van der Waals surface area (Å²) < 4.78 is 7.91. The summed E-state index contributed by atoms with van der Waals surface area (Å²) >= 11 is 0. The van der Waals surface area contributed by atoms with Gasteiger partial charge in [-0.15, -0.1) is 0 Å². The highest BCUT2D eigenvalue weighted by Crippen LogP contribution is 2.16. The molecule has 1 atom stereocenters. The molecule has 0 radical (unpaired) electrons. The van der Waals surface area contributed by atoms with Gasteiger partial charge in [-0.3, -0.25) is 0 Å². The van der Waals surface area contributed by atoms with Crippen LogP contribution in [-0.4, -0.2) is 20.8 Å². The molecule has 0 fully saturated rings. The largest absolute Gasteiger partial charge is 0.489 e. The number of fused-ring (bicyclic) bond motifs is 1. The highest BCUT2D eigenvalue weighted by atomic mass is 16.5. The van der Waals surface area contributed by atoms with E-state index in [1.807, 2.05) is 35.0 Å². The highest BCUT2D eigenvalue weighted by Gasteiger charge is 2.19. The van der Waals surface area contributed by atoms with Gasteiger partial charge in [-0.25, -0.2) is 9.67 Å². The highest BCUT2D eigenvalue weighted by molar-refractivity contribution is 5.29. The minimum Gasteiger partial charge on any atom is -0.489 e. The molecule has 1 aromatic heterocycles. The van der Waals surface area contributed by atoms with E-state index >= 15 is 0 Å². The molecule has 0 bridgehead atoms. The molecule has 0 unspecified atom stereocenters. The van der Waals surface area contributed by atoms with E-state index in [0.29, 0.717) is 12.6 Å². The lowest BCUT2D eigenvalue weighted by Crippen LogP contribution is -2.37. The Hall–Kier alpha value is -2.66. The fourth-order valence-electron chi connectivity index (χ4n) is 3.15. The SMILES string of the molecule is c1ccc(COc2cccc(CN[C@@H]3CCc4ncnn4C3)c2)cc1. The van der Waals surface area contributed by atoms with Crippen molar-refractivity contribution < 1.29 is 4.74 Å². The van der Waals surface area contributed by atoms with Crippen molar-refractivity contribution in [2.24, 2.45) is 0 Å². The van der Waals surface area contributed by atoms with E-state index < -0.39 is 0 Å². The quantitative estimate of drug-likeness (QED) is 0.753. The summed E-state index contributed by atoms with van der Waals surface area (Å²) in [6.45, 7) is 2.31. The number of benzene rings is 2. The predicted octanol–water partition coefficient (Wildman–Crippen LogP) is 2.96. The van der Waals surface area contributed by atoms with Gasteiger partial charge in [0.15, 0.2) is 0 Å². The van der Waals surface area contributed by atoms with Crippen LogP contribution in [0.2, 0.25) is 0 Å². The normalized spacial score (nSPS) is 16.4. The number of hydrogen-bond donors (Lipinski definition) is 1. The van der Waals surface area contributed by atoms with Crippen LogP contribution in [0.5, 0.6) is 5.75 Å².